The molecule has 5 nitrogen and oxygen atoms in total. The third-order valence-corrected chi connectivity index (χ3v) is 4.46. The molecule has 0 fully saturated rings. The molecular formula is C17H24N4OS. The Kier molecular flexibility index (Phi) is 6.87. The number of guanidine groups is 1. The van der Waals surface area contributed by atoms with Gasteiger partial charge >= 0.3 is 0 Å². The van der Waals surface area contributed by atoms with E-state index in [1.807, 2.05) is 25.3 Å². The zero-order valence-corrected chi connectivity index (χ0v) is 14.5. The van der Waals surface area contributed by atoms with Crippen LogP contribution in [-0.4, -0.2) is 29.1 Å². The molecule has 1 heterocycles. The first-order chi connectivity index (χ1) is 11.2. The molecule has 0 spiro atoms. The molecule has 1 aromatic heterocycles. The molecule has 0 bridgehead atoms. The molecule has 0 unspecified atom stereocenters. The number of thiazole rings is 1. The smallest absolute Gasteiger partial charge is 0.191 e. The van der Waals surface area contributed by atoms with Gasteiger partial charge in [0.05, 0.1) is 11.6 Å². The highest BCUT2D eigenvalue weighted by molar-refractivity contribution is 7.11. The fraction of sp³-hybridized carbons (Fsp3) is 0.412. The van der Waals surface area contributed by atoms with Crippen LogP contribution in [0.4, 0.5) is 0 Å². The fourth-order valence-corrected chi connectivity index (χ4v) is 2.94. The number of aromatic hydroxyl groups is 1. The molecule has 6 heteroatoms. The van der Waals surface area contributed by atoms with Crippen molar-refractivity contribution in [3.05, 3.63) is 45.9 Å². The minimum absolute atomic E-state index is 0.270. The third kappa shape index (κ3) is 5.90. The van der Waals surface area contributed by atoms with E-state index in [0.717, 1.165) is 42.5 Å². The second kappa shape index (κ2) is 9.15. The van der Waals surface area contributed by atoms with Gasteiger partial charge < -0.3 is 15.7 Å². The Hall–Kier alpha value is -2.08. The molecule has 2 rings (SSSR count). The molecule has 124 valence electrons. The van der Waals surface area contributed by atoms with Gasteiger partial charge in [-0.3, -0.25) is 0 Å². The Bertz CT molecular complexity index is 639. The number of aryl methyl sites for hydroxylation is 1. The first-order valence-corrected chi connectivity index (χ1v) is 8.76. The van der Waals surface area contributed by atoms with Crippen LogP contribution in [0.5, 0.6) is 5.75 Å². The van der Waals surface area contributed by atoms with Crippen LogP contribution >= 0.6 is 11.3 Å². The number of nitrogens with zero attached hydrogens (tertiary/aromatic N) is 2. The highest BCUT2D eigenvalue weighted by Crippen LogP contribution is 2.13. The van der Waals surface area contributed by atoms with Crippen LogP contribution in [0.2, 0.25) is 0 Å². The molecule has 0 aliphatic rings. The van der Waals surface area contributed by atoms with Gasteiger partial charge in [-0.1, -0.05) is 19.1 Å². The van der Waals surface area contributed by atoms with E-state index in [0.29, 0.717) is 6.54 Å². The molecular weight excluding hydrogens is 308 g/mol. The molecule has 0 aliphatic carbocycles. The molecule has 0 radical (unpaired) electrons. The van der Waals surface area contributed by atoms with Gasteiger partial charge in [-0.25, -0.2) is 9.98 Å². The maximum absolute atomic E-state index is 9.49. The second-order valence-electron chi connectivity index (χ2n) is 5.12. The van der Waals surface area contributed by atoms with Gasteiger partial charge in [0.15, 0.2) is 5.96 Å². The minimum Gasteiger partial charge on any atom is -0.508 e. The summed E-state index contributed by atoms with van der Waals surface area (Å²) in [6.45, 7) is 6.32. The predicted molar refractivity (Wildman–Crippen MR) is 96.1 cm³/mol. The van der Waals surface area contributed by atoms with Crippen molar-refractivity contribution >= 4 is 17.3 Å². The predicted octanol–water partition coefficient (Wildman–Crippen LogP) is 2.71. The van der Waals surface area contributed by atoms with E-state index in [9.17, 15) is 5.11 Å². The number of hydrogen-bond donors (Lipinski definition) is 3. The van der Waals surface area contributed by atoms with Gasteiger partial charge in [0.2, 0.25) is 0 Å². The Labute approximate surface area is 141 Å². The molecule has 0 amide bonds. The van der Waals surface area contributed by atoms with Gasteiger partial charge in [0.1, 0.15) is 5.75 Å². The van der Waals surface area contributed by atoms with E-state index in [4.69, 9.17) is 0 Å². The van der Waals surface area contributed by atoms with Gasteiger partial charge in [0.25, 0.3) is 0 Å². The van der Waals surface area contributed by atoms with Crippen molar-refractivity contribution in [3.8, 4) is 5.75 Å². The lowest BCUT2D eigenvalue weighted by Crippen LogP contribution is -2.38. The van der Waals surface area contributed by atoms with Gasteiger partial charge in [-0.15, -0.1) is 11.3 Å². The third-order valence-electron chi connectivity index (χ3n) is 3.26. The lowest BCUT2D eigenvalue weighted by Gasteiger charge is -2.10. The van der Waals surface area contributed by atoms with E-state index in [2.05, 4.69) is 27.5 Å². The van der Waals surface area contributed by atoms with Crippen molar-refractivity contribution in [1.82, 2.24) is 15.6 Å². The lowest BCUT2D eigenvalue weighted by atomic mass is 10.2. The number of benzene rings is 1. The van der Waals surface area contributed by atoms with Crippen LogP contribution in [-0.2, 0) is 19.4 Å². The normalized spacial score (nSPS) is 11.5. The SMILES string of the molecule is CCNC(=NCc1cccc(O)c1)NCCc1ncc(CC)s1. The summed E-state index contributed by atoms with van der Waals surface area (Å²) >= 11 is 1.77. The van der Waals surface area contributed by atoms with Crippen LogP contribution in [0.15, 0.2) is 35.5 Å². The standard InChI is InChI=1S/C17H24N4OS/c1-3-15-12-20-16(23-15)8-9-19-17(18-4-2)21-11-13-6-5-7-14(22)10-13/h5-7,10,12,22H,3-4,8-9,11H2,1-2H3,(H2,18,19,21). The highest BCUT2D eigenvalue weighted by Gasteiger charge is 2.02. The van der Waals surface area contributed by atoms with E-state index in [1.54, 1.807) is 23.5 Å². The molecule has 3 N–H and O–H groups in total. The molecule has 0 aliphatic heterocycles. The summed E-state index contributed by atoms with van der Waals surface area (Å²) in [7, 11) is 0. The minimum atomic E-state index is 0.270. The Morgan fingerprint density at radius 1 is 1.30 bits per heavy atom. The molecule has 0 saturated carbocycles. The Balaban J connectivity index is 1.86. The maximum Gasteiger partial charge on any atom is 0.191 e. The lowest BCUT2D eigenvalue weighted by molar-refractivity contribution is 0.474. The average Bonchev–Trinajstić information content (AvgIpc) is 3.01. The van der Waals surface area contributed by atoms with Crippen LogP contribution in [0.1, 0.15) is 29.3 Å². The van der Waals surface area contributed by atoms with Crippen molar-refractivity contribution in [1.29, 1.82) is 0 Å². The Morgan fingerprint density at radius 2 is 2.17 bits per heavy atom. The summed E-state index contributed by atoms with van der Waals surface area (Å²) in [6, 6.07) is 7.17. The van der Waals surface area contributed by atoms with Crippen molar-refractivity contribution in [2.75, 3.05) is 13.1 Å². The van der Waals surface area contributed by atoms with Gasteiger partial charge in [-0.2, -0.15) is 0 Å². The number of rotatable bonds is 7. The number of phenols is 1. The van der Waals surface area contributed by atoms with Crippen molar-refractivity contribution in [3.63, 3.8) is 0 Å². The first kappa shape index (κ1) is 17.3. The van der Waals surface area contributed by atoms with Crippen LogP contribution < -0.4 is 10.6 Å². The van der Waals surface area contributed by atoms with Crippen molar-refractivity contribution in [2.45, 2.75) is 33.2 Å². The number of phenolic OH excluding ortho intramolecular Hbond substituents is 1. The quantitative estimate of drug-likeness (QED) is 0.539. The summed E-state index contributed by atoms with van der Waals surface area (Å²) in [4.78, 5) is 10.3. The second-order valence-corrected chi connectivity index (χ2v) is 6.32. The van der Waals surface area contributed by atoms with E-state index in [-0.39, 0.29) is 5.75 Å². The number of hydrogen-bond acceptors (Lipinski definition) is 4. The van der Waals surface area contributed by atoms with Crippen LogP contribution in [0.3, 0.4) is 0 Å². The fourth-order valence-electron chi connectivity index (χ4n) is 2.08. The summed E-state index contributed by atoms with van der Waals surface area (Å²) in [5.41, 5.74) is 0.981. The van der Waals surface area contributed by atoms with E-state index in [1.165, 1.54) is 4.88 Å². The largest absolute Gasteiger partial charge is 0.508 e. The van der Waals surface area contributed by atoms with Crippen molar-refractivity contribution in [2.24, 2.45) is 4.99 Å². The summed E-state index contributed by atoms with van der Waals surface area (Å²) in [5, 5.41) is 17.2. The summed E-state index contributed by atoms with van der Waals surface area (Å²) < 4.78 is 0. The van der Waals surface area contributed by atoms with Gasteiger partial charge in [-0.05, 0) is 31.0 Å². The topological polar surface area (TPSA) is 69.5 Å². The van der Waals surface area contributed by atoms with Crippen LogP contribution in [0, 0.1) is 0 Å². The summed E-state index contributed by atoms with van der Waals surface area (Å²) in [6.07, 6.45) is 3.89. The molecule has 23 heavy (non-hydrogen) atoms. The molecule has 1 aromatic carbocycles. The average molecular weight is 332 g/mol. The van der Waals surface area contributed by atoms with Gasteiger partial charge in [0, 0.05) is 30.6 Å². The first-order valence-electron chi connectivity index (χ1n) is 7.95. The maximum atomic E-state index is 9.49. The van der Waals surface area contributed by atoms with Crippen molar-refractivity contribution < 1.29 is 5.11 Å². The molecule has 0 saturated heterocycles. The molecule has 0 atom stereocenters. The summed E-state index contributed by atoms with van der Waals surface area (Å²) in [5.74, 6) is 1.05. The Morgan fingerprint density at radius 3 is 2.87 bits per heavy atom. The zero-order chi connectivity index (χ0) is 16.5. The van der Waals surface area contributed by atoms with Crippen LogP contribution in [0.25, 0.3) is 0 Å². The number of aromatic nitrogens is 1. The zero-order valence-electron chi connectivity index (χ0n) is 13.7. The van der Waals surface area contributed by atoms with E-state index < -0.39 is 0 Å². The van der Waals surface area contributed by atoms with E-state index >= 15 is 0 Å². The highest BCUT2D eigenvalue weighted by atomic mass is 32.1. The number of aliphatic imine (C=N–C) groups is 1. The number of nitrogens with one attached hydrogen (secondary N) is 2. The monoisotopic (exact) mass is 332 g/mol. The molecule has 2 aromatic rings.